The molecule has 8 nitrogen and oxygen atoms in total. The van der Waals surface area contributed by atoms with E-state index in [9.17, 15) is 26.7 Å². The molecule has 2 aromatic heterocycles. The topological polar surface area (TPSA) is 114 Å². The lowest BCUT2D eigenvalue weighted by atomic mass is 10.1. The second kappa shape index (κ2) is 8.05. The van der Waals surface area contributed by atoms with E-state index in [1.54, 1.807) is 49.4 Å². The summed E-state index contributed by atoms with van der Waals surface area (Å²) in [5.41, 5.74) is 1.08. The normalized spacial score (nSPS) is 16.5. The maximum Gasteiger partial charge on any atom is 0.322 e. The molecule has 1 N–H and O–H groups in total. The third-order valence-corrected chi connectivity index (χ3v) is 10.8. The third-order valence-electron chi connectivity index (χ3n) is 5.92. The van der Waals surface area contributed by atoms with E-state index in [2.05, 4.69) is 0 Å². The van der Waals surface area contributed by atoms with E-state index in [0.29, 0.717) is 26.2 Å². The van der Waals surface area contributed by atoms with Gasteiger partial charge in [-0.3, -0.25) is 4.79 Å². The largest absolute Gasteiger partial charge is 0.480 e. The highest BCUT2D eigenvalue weighted by atomic mass is 32.2. The van der Waals surface area contributed by atoms with Crippen molar-refractivity contribution < 1.29 is 26.7 Å². The van der Waals surface area contributed by atoms with Crippen molar-refractivity contribution in [2.24, 2.45) is 0 Å². The Kier molecular flexibility index (Phi) is 5.40. The maximum absolute atomic E-state index is 13.4. The van der Waals surface area contributed by atoms with E-state index >= 15 is 0 Å². The average molecular weight is 517 g/mol. The minimum absolute atomic E-state index is 0.0197. The Morgan fingerprint density at radius 3 is 2.44 bits per heavy atom. The van der Waals surface area contributed by atoms with Gasteiger partial charge in [0.05, 0.1) is 21.9 Å². The van der Waals surface area contributed by atoms with Gasteiger partial charge in [-0.05, 0) is 30.7 Å². The summed E-state index contributed by atoms with van der Waals surface area (Å²) in [7, 11) is -7.84. The molecule has 3 heterocycles. The van der Waals surface area contributed by atoms with Gasteiger partial charge in [-0.15, -0.1) is 11.3 Å². The van der Waals surface area contributed by atoms with E-state index in [1.807, 2.05) is 0 Å². The molecule has 2 aromatic carbocycles. The number of hydrogen-bond donors (Lipinski definition) is 1. The highest BCUT2D eigenvalue weighted by Gasteiger charge is 2.43. The Bertz CT molecular complexity index is 1640. The van der Waals surface area contributed by atoms with Crippen molar-refractivity contribution in [2.75, 3.05) is 0 Å². The van der Waals surface area contributed by atoms with Crippen molar-refractivity contribution in [3.63, 3.8) is 0 Å². The summed E-state index contributed by atoms with van der Waals surface area (Å²) in [6, 6.07) is 15.5. The first-order valence-corrected chi connectivity index (χ1v) is 14.1. The number of thiophene rings is 1. The predicted octanol–water partition coefficient (Wildman–Crippen LogP) is 3.97. The molecule has 0 aliphatic carbocycles. The molecule has 0 amide bonds. The van der Waals surface area contributed by atoms with Gasteiger partial charge in [0.25, 0.3) is 10.0 Å². The number of aromatic nitrogens is 1. The highest BCUT2D eigenvalue weighted by Crippen LogP contribution is 2.44. The molecule has 0 radical (unpaired) electrons. The fraction of sp³-hybridized carbons (Fsp3) is 0.174. The summed E-state index contributed by atoms with van der Waals surface area (Å²) in [5, 5.41) is 10.1. The second-order valence-electron chi connectivity index (χ2n) is 7.88. The third kappa shape index (κ3) is 3.38. The van der Waals surface area contributed by atoms with Gasteiger partial charge in [0, 0.05) is 26.9 Å². The van der Waals surface area contributed by atoms with E-state index in [-0.39, 0.29) is 22.8 Å². The van der Waals surface area contributed by atoms with E-state index in [4.69, 9.17) is 0 Å². The summed E-state index contributed by atoms with van der Waals surface area (Å²) >= 11 is 1.23. The van der Waals surface area contributed by atoms with Crippen LogP contribution in [0, 0.1) is 0 Å². The van der Waals surface area contributed by atoms with E-state index < -0.39 is 32.1 Å². The molecule has 1 unspecified atom stereocenters. The molecule has 0 saturated carbocycles. The lowest BCUT2D eigenvalue weighted by molar-refractivity contribution is -0.141. The molecule has 1 aliphatic heterocycles. The van der Waals surface area contributed by atoms with Crippen molar-refractivity contribution in [2.45, 2.75) is 35.7 Å². The summed E-state index contributed by atoms with van der Waals surface area (Å²) in [4.78, 5) is 12.9. The number of rotatable bonds is 6. The van der Waals surface area contributed by atoms with E-state index in [1.165, 1.54) is 39.7 Å². The van der Waals surface area contributed by atoms with Crippen LogP contribution in [-0.2, 0) is 31.4 Å². The Labute approximate surface area is 200 Å². The van der Waals surface area contributed by atoms with Crippen LogP contribution in [0.2, 0.25) is 0 Å². The quantitative estimate of drug-likeness (QED) is 0.415. The number of fused-ring (bicyclic) bond motifs is 2. The molecule has 0 bridgehead atoms. The number of sulfonamides is 1. The van der Waals surface area contributed by atoms with Gasteiger partial charge in [0.1, 0.15) is 6.04 Å². The molecule has 0 saturated heterocycles. The van der Waals surface area contributed by atoms with Crippen LogP contribution in [0.5, 0.6) is 0 Å². The van der Waals surface area contributed by atoms with Crippen molar-refractivity contribution in [1.29, 1.82) is 0 Å². The monoisotopic (exact) mass is 516 g/mol. The van der Waals surface area contributed by atoms with Crippen LogP contribution >= 0.6 is 11.3 Å². The van der Waals surface area contributed by atoms with Gasteiger partial charge < -0.3 is 5.11 Å². The van der Waals surface area contributed by atoms with E-state index in [0.717, 1.165) is 4.31 Å². The van der Waals surface area contributed by atoms with Gasteiger partial charge in [0.2, 0.25) is 10.0 Å². The van der Waals surface area contributed by atoms with Crippen molar-refractivity contribution in [1.82, 2.24) is 8.28 Å². The second-order valence-corrected chi connectivity index (χ2v) is 12.7. The average Bonchev–Trinajstić information content (AvgIpc) is 3.47. The zero-order valence-electron chi connectivity index (χ0n) is 18.0. The Morgan fingerprint density at radius 1 is 1.12 bits per heavy atom. The van der Waals surface area contributed by atoms with Crippen molar-refractivity contribution in [3.05, 3.63) is 71.7 Å². The number of hydrogen-bond acceptors (Lipinski definition) is 6. The fourth-order valence-corrected chi connectivity index (χ4v) is 9.07. The summed E-state index contributed by atoms with van der Waals surface area (Å²) < 4.78 is 55.2. The zero-order chi connectivity index (χ0) is 24.3. The molecule has 4 aromatic rings. The van der Waals surface area contributed by atoms with Crippen LogP contribution < -0.4 is 0 Å². The molecule has 5 rings (SSSR count). The summed E-state index contributed by atoms with van der Waals surface area (Å²) in [6.07, 6.45) is 1.67. The highest BCUT2D eigenvalue weighted by molar-refractivity contribution is 7.90. The van der Waals surface area contributed by atoms with Crippen LogP contribution in [-0.4, -0.2) is 42.2 Å². The Hall–Kier alpha value is -2.99. The first kappa shape index (κ1) is 22.8. The maximum atomic E-state index is 13.4. The smallest absolute Gasteiger partial charge is 0.322 e. The van der Waals surface area contributed by atoms with Crippen LogP contribution in [0.25, 0.3) is 21.3 Å². The number of nitrogens with zero attached hydrogens (tertiary/aromatic N) is 2. The number of aliphatic carboxylic acids is 1. The van der Waals surface area contributed by atoms with Gasteiger partial charge in [-0.2, -0.15) is 4.31 Å². The predicted molar refractivity (Wildman–Crippen MR) is 129 cm³/mol. The minimum Gasteiger partial charge on any atom is -0.480 e. The van der Waals surface area contributed by atoms with Gasteiger partial charge in [-0.1, -0.05) is 43.3 Å². The molecule has 0 fully saturated rings. The molecule has 0 spiro atoms. The first-order valence-electron chi connectivity index (χ1n) is 10.4. The number of carbonyl (C=O) groups is 1. The summed E-state index contributed by atoms with van der Waals surface area (Å²) in [6.45, 7) is 1.61. The molecular weight excluding hydrogens is 496 g/mol. The lowest BCUT2D eigenvalue weighted by Crippen LogP contribution is -2.40. The van der Waals surface area contributed by atoms with Crippen LogP contribution in [0.4, 0.5) is 0 Å². The molecule has 34 heavy (non-hydrogen) atoms. The number of carboxylic acid groups (broad SMARTS) is 1. The van der Waals surface area contributed by atoms with Crippen molar-refractivity contribution >= 4 is 48.3 Å². The van der Waals surface area contributed by atoms with Crippen molar-refractivity contribution in [3.8, 4) is 10.4 Å². The molecule has 1 atom stereocenters. The van der Waals surface area contributed by atoms with Crippen LogP contribution in [0.1, 0.15) is 18.2 Å². The van der Waals surface area contributed by atoms with Crippen LogP contribution in [0.3, 0.4) is 0 Å². The zero-order valence-corrected chi connectivity index (χ0v) is 20.4. The number of para-hydroxylation sites is 1. The fourth-order valence-electron chi connectivity index (χ4n) is 4.26. The molecule has 1 aliphatic rings. The Balaban J connectivity index is 1.64. The molecule has 11 heteroatoms. The van der Waals surface area contributed by atoms with Gasteiger partial charge in [0.15, 0.2) is 0 Å². The lowest BCUT2D eigenvalue weighted by Gasteiger charge is -2.21. The van der Waals surface area contributed by atoms with Gasteiger partial charge in [-0.25, -0.2) is 20.8 Å². The number of carboxylic acids is 1. The van der Waals surface area contributed by atoms with Gasteiger partial charge >= 0.3 is 5.97 Å². The van der Waals surface area contributed by atoms with Crippen LogP contribution in [0.15, 0.2) is 76.7 Å². The molecule has 176 valence electrons. The minimum atomic E-state index is -3.97. The first-order chi connectivity index (χ1) is 16.2. The number of benzene rings is 2. The Morgan fingerprint density at radius 2 is 1.79 bits per heavy atom. The SMILES string of the molecule is CCC(C(=O)O)N1Cc2sc(-c3cn(S(=O)(=O)c4ccccc4)c4ccccc34)cc2S1(=O)=O. The summed E-state index contributed by atoms with van der Waals surface area (Å²) in [5.74, 6) is -1.18. The molecular formula is C23H20N2O6S3. The standard InChI is InChI=1S/C23H20N2O6S3/c1-2-18(23(26)27)25-14-21-22(34(25,30)31)12-20(32-21)17-13-24(19-11-7-6-10-16(17)19)33(28,29)15-8-4-3-5-9-15/h3-13,18H,2,14H2,1H3,(H,26,27).